The number of benzene rings is 1. The fraction of sp³-hybridized carbons (Fsp3) is 0.588. The van der Waals surface area contributed by atoms with Gasteiger partial charge in [-0.05, 0) is 30.5 Å². The highest BCUT2D eigenvalue weighted by molar-refractivity contribution is 5.90. The van der Waals surface area contributed by atoms with Crippen LogP contribution in [0.4, 0.5) is 16.2 Å². The fourth-order valence-corrected chi connectivity index (χ4v) is 2.81. The van der Waals surface area contributed by atoms with Gasteiger partial charge in [-0.15, -0.1) is 0 Å². The Balaban J connectivity index is 1.98. The van der Waals surface area contributed by atoms with Crippen molar-refractivity contribution in [2.75, 3.05) is 43.5 Å². The molecule has 1 aromatic rings. The minimum absolute atomic E-state index is 0.00747. The minimum atomic E-state index is -0.134. The maximum atomic E-state index is 12.4. The monoisotopic (exact) mass is 305 g/mol. The third-order valence-electron chi connectivity index (χ3n) is 4.15. The molecule has 22 heavy (non-hydrogen) atoms. The Bertz CT molecular complexity index is 505. The van der Waals surface area contributed by atoms with Gasteiger partial charge in [0, 0.05) is 38.1 Å². The summed E-state index contributed by atoms with van der Waals surface area (Å²) in [7, 11) is 2.07. The number of rotatable bonds is 7. The smallest absolute Gasteiger partial charge is 0.321 e. The average molecular weight is 305 g/mol. The third kappa shape index (κ3) is 4.13. The van der Waals surface area contributed by atoms with E-state index in [2.05, 4.69) is 30.3 Å². The second kappa shape index (κ2) is 8.03. The number of hydrogen-bond acceptors (Lipinski definition) is 3. The number of likely N-dealkylation sites (N-methyl/N-ethyl adjacent to an activating group) is 1. The molecule has 2 N–H and O–H groups in total. The lowest BCUT2D eigenvalue weighted by Gasteiger charge is -2.22. The second-order valence-electron chi connectivity index (χ2n) is 5.86. The van der Waals surface area contributed by atoms with Crippen molar-refractivity contribution < 1.29 is 9.90 Å². The van der Waals surface area contributed by atoms with Gasteiger partial charge in [-0.1, -0.05) is 25.8 Å². The Labute approximate surface area is 132 Å². The van der Waals surface area contributed by atoms with Gasteiger partial charge in [0.05, 0.1) is 6.61 Å². The molecule has 5 nitrogen and oxygen atoms in total. The quantitative estimate of drug-likeness (QED) is 0.762. The highest BCUT2D eigenvalue weighted by Crippen LogP contribution is 2.29. The molecule has 0 bridgehead atoms. The van der Waals surface area contributed by atoms with E-state index < -0.39 is 0 Å². The third-order valence-corrected chi connectivity index (χ3v) is 4.15. The van der Waals surface area contributed by atoms with Gasteiger partial charge in [0.15, 0.2) is 0 Å². The predicted octanol–water partition coefficient (Wildman–Crippen LogP) is 2.70. The Kier molecular flexibility index (Phi) is 6.07. The van der Waals surface area contributed by atoms with Crippen molar-refractivity contribution in [2.24, 2.45) is 0 Å². The fourth-order valence-electron chi connectivity index (χ4n) is 2.81. The van der Waals surface area contributed by atoms with Crippen LogP contribution in [0, 0.1) is 0 Å². The van der Waals surface area contributed by atoms with Crippen molar-refractivity contribution in [1.82, 2.24) is 4.90 Å². The summed E-state index contributed by atoms with van der Waals surface area (Å²) in [6.45, 7) is 4.22. The van der Waals surface area contributed by atoms with Gasteiger partial charge in [-0.3, -0.25) is 0 Å². The number of unbranched alkanes of at least 4 members (excludes halogenated alkanes) is 2. The van der Waals surface area contributed by atoms with Crippen molar-refractivity contribution in [3.63, 3.8) is 0 Å². The molecule has 1 aromatic carbocycles. The number of anilines is 2. The number of amides is 2. The second-order valence-corrected chi connectivity index (χ2v) is 5.86. The van der Waals surface area contributed by atoms with E-state index in [-0.39, 0.29) is 12.6 Å². The molecule has 0 saturated heterocycles. The van der Waals surface area contributed by atoms with Gasteiger partial charge in [-0.25, -0.2) is 4.79 Å². The van der Waals surface area contributed by atoms with E-state index in [4.69, 9.17) is 5.11 Å². The van der Waals surface area contributed by atoms with Crippen LogP contribution in [-0.2, 0) is 6.42 Å². The average Bonchev–Trinajstić information content (AvgIpc) is 2.88. The van der Waals surface area contributed by atoms with E-state index in [0.29, 0.717) is 13.1 Å². The lowest BCUT2D eigenvalue weighted by Crippen LogP contribution is -2.37. The lowest BCUT2D eigenvalue weighted by molar-refractivity contribution is 0.187. The molecule has 0 radical (unpaired) electrons. The zero-order valence-corrected chi connectivity index (χ0v) is 13.6. The van der Waals surface area contributed by atoms with Crippen molar-refractivity contribution in [3.05, 3.63) is 23.8 Å². The number of nitrogens with zero attached hydrogens (tertiary/aromatic N) is 2. The van der Waals surface area contributed by atoms with Gasteiger partial charge in [0.25, 0.3) is 0 Å². The van der Waals surface area contributed by atoms with Gasteiger partial charge < -0.3 is 20.2 Å². The van der Waals surface area contributed by atoms with Crippen LogP contribution >= 0.6 is 0 Å². The summed E-state index contributed by atoms with van der Waals surface area (Å²) in [5.41, 5.74) is 3.34. The SMILES string of the molecule is CCCCCN(CCO)C(=O)Nc1ccc2c(c1)N(C)CC2. The van der Waals surface area contributed by atoms with Crippen molar-refractivity contribution >= 4 is 17.4 Å². The number of urea groups is 1. The molecule has 2 rings (SSSR count). The summed E-state index contributed by atoms with van der Waals surface area (Å²) in [4.78, 5) is 16.3. The van der Waals surface area contributed by atoms with Crippen LogP contribution in [0.15, 0.2) is 18.2 Å². The van der Waals surface area contributed by atoms with Crippen LogP contribution in [0.1, 0.15) is 31.7 Å². The summed E-state index contributed by atoms with van der Waals surface area (Å²) >= 11 is 0. The molecule has 1 aliphatic rings. The molecule has 0 atom stereocenters. The van der Waals surface area contributed by atoms with E-state index in [0.717, 1.165) is 37.9 Å². The topological polar surface area (TPSA) is 55.8 Å². The number of aliphatic hydroxyl groups is 1. The lowest BCUT2D eigenvalue weighted by atomic mass is 10.1. The van der Waals surface area contributed by atoms with Crippen molar-refractivity contribution in [3.8, 4) is 0 Å². The molecule has 0 fully saturated rings. The van der Waals surface area contributed by atoms with E-state index >= 15 is 0 Å². The Morgan fingerprint density at radius 1 is 1.36 bits per heavy atom. The van der Waals surface area contributed by atoms with E-state index in [9.17, 15) is 4.79 Å². The largest absolute Gasteiger partial charge is 0.395 e. The van der Waals surface area contributed by atoms with Crippen LogP contribution in [0.2, 0.25) is 0 Å². The zero-order chi connectivity index (χ0) is 15.9. The summed E-state index contributed by atoms with van der Waals surface area (Å²) < 4.78 is 0. The van der Waals surface area contributed by atoms with Gasteiger partial charge >= 0.3 is 6.03 Å². The van der Waals surface area contributed by atoms with Crippen LogP contribution in [-0.4, -0.2) is 49.3 Å². The van der Waals surface area contributed by atoms with Crippen molar-refractivity contribution in [2.45, 2.75) is 32.6 Å². The number of aliphatic hydroxyl groups excluding tert-OH is 1. The molecule has 2 amide bonds. The number of carbonyl (C=O) groups excluding carboxylic acids is 1. The molecular formula is C17H27N3O2. The molecule has 0 aliphatic carbocycles. The van der Waals surface area contributed by atoms with Gasteiger partial charge in [0.1, 0.15) is 0 Å². The zero-order valence-electron chi connectivity index (χ0n) is 13.6. The van der Waals surface area contributed by atoms with Crippen LogP contribution in [0.5, 0.6) is 0 Å². The molecule has 122 valence electrons. The normalized spacial score (nSPS) is 13.1. The van der Waals surface area contributed by atoms with Crippen LogP contribution < -0.4 is 10.2 Å². The number of nitrogens with one attached hydrogen (secondary N) is 1. The highest BCUT2D eigenvalue weighted by atomic mass is 16.3. The maximum Gasteiger partial charge on any atom is 0.321 e. The molecule has 0 aromatic heterocycles. The summed E-state index contributed by atoms with van der Waals surface area (Å²) in [6, 6.07) is 5.94. The van der Waals surface area contributed by atoms with E-state index in [1.165, 1.54) is 11.3 Å². The van der Waals surface area contributed by atoms with Crippen LogP contribution in [0.3, 0.4) is 0 Å². The maximum absolute atomic E-state index is 12.4. The Hall–Kier alpha value is -1.75. The summed E-state index contributed by atoms with van der Waals surface area (Å²) in [6.07, 6.45) is 4.25. The molecular weight excluding hydrogens is 278 g/mol. The van der Waals surface area contributed by atoms with E-state index in [1.807, 2.05) is 12.1 Å². The molecule has 1 aliphatic heterocycles. The number of hydrogen-bond donors (Lipinski definition) is 2. The minimum Gasteiger partial charge on any atom is -0.395 e. The van der Waals surface area contributed by atoms with E-state index in [1.54, 1.807) is 4.90 Å². The first-order chi connectivity index (χ1) is 10.7. The standard InChI is InChI=1S/C17H27N3O2/c1-3-4-5-9-20(11-12-21)17(22)18-15-7-6-14-8-10-19(2)16(14)13-15/h6-7,13,21H,3-5,8-12H2,1-2H3,(H,18,22). The molecule has 5 heteroatoms. The molecule has 0 saturated carbocycles. The first kappa shape index (κ1) is 16.6. The first-order valence-electron chi connectivity index (χ1n) is 8.16. The predicted molar refractivity (Wildman–Crippen MR) is 90.6 cm³/mol. The summed E-state index contributed by atoms with van der Waals surface area (Å²) in [5.74, 6) is 0. The molecule has 0 spiro atoms. The molecule has 0 unspecified atom stereocenters. The number of carbonyl (C=O) groups is 1. The Morgan fingerprint density at radius 2 is 2.18 bits per heavy atom. The van der Waals surface area contributed by atoms with Crippen LogP contribution in [0.25, 0.3) is 0 Å². The molecule has 1 heterocycles. The highest BCUT2D eigenvalue weighted by Gasteiger charge is 2.17. The summed E-state index contributed by atoms with van der Waals surface area (Å²) in [5, 5.41) is 12.1. The Morgan fingerprint density at radius 3 is 2.91 bits per heavy atom. The van der Waals surface area contributed by atoms with Crippen molar-refractivity contribution in [1.29, 1.82) is 0 Å². The van der Waals surface area contributed by atoms with Gasteiger partial charge in [-0.2, -0.15) is 0 Å². The first-order valence-corrected chi connectivity index (χ1v) is 8.16. The van der Waals surface area contributed by atoms with Gasteiger partial charge in [0.2, 0.25) is 0 Å². The number of fused-ring (bicyclic) bond motifs is 1.